The summed E-state index contributed by atoms with van der Waals surface area (Å²) in [6.07, 6.45) is 1.77. The number of rotatable bonds is 4. The lowest BCUT2D eigenvalue weighted by Gasteiger charge is -2.07. The molecule has 5 heteroatoms. The van der Waals surface area contributed by atoms with Gasteiger partial charge < -0.3 is 4.84 Å². The average Bonchev–Trinajstić information content (AvgIpc) is 2.55. The highest BCUT2D eigenvalue weighted by molar-refractivity contribution is 5.76. The Bertz CT molecular complexity index is 838. The van der Waals surface area contributed by atoms with E-state index in [-0.39, 0.29) is 12.2 Å². The van der Waals surface area contributed by atoms with Crippen molar-refractivity contribution in [1.29, 1.82) is 0 Å². The number of fused-ring (bicyclic) bond motifs is 1. The van der Waals surface area contributed by atoms with Gasteiger partial charge in [0.25, 0.3) is 0 Å². The molecule has 0 saturated heterocycles. The van der Waals surface area contributed by atoms with Gasteiger partial charge >= 0.3 is 5.56 Å². The van der Waals surface area contributed by atoms with Crippen LogP contribution in [0.15, 0.2) is 59.9 Å². The van der Waals surface area contributed by atoms with E-state index in [1.54, 1.807) is 24.3 Å². The van der Waals surface area contributed by atoms with Crippen LogP contribution in [0.4, 0.5) is 0 Å². The quantitative estimate of drug-likeness (QED) is 0.733. The molecule has 0 aliphatic rings. The Labute approximate surface area is 121 Å². The molecule has 0 bridgehead atoms. The maximum absolute atomic E-state index is 12.2. The second-order valence-corrected chi connectivity index (χ2v) is 4.50. The van der Waals surface area contributed by atoms with Gasteiger partial charge in [-0.25, -0.2) is 0 Å². The van der Waals surface area contributed by atoms with Crippen LogP contribution < -0.4 is 10.4 Å². The molecule has 3 rings (SSSR count). The molecule has 104 valence electrons. The molecule has 0 aliphatic heterocycles. The maximum atomic E-state index is 12.2. The van der Waals surface area contributed by atoms with Crippen molar-refractivity contribution in [2.45, 2.75) is 6.61 Å². The van der Waals surface area contributed by atoms with Crippen LogP contribution in [-0.2, 0) is 6.61 Å². The molecule has 5 nitrogen and oxygen atoms in total. The summed E-state index contributed by atoms with van der Waals surface area (Å²) in [6.45, 7) is 3.94. The largest absolute Gasteiger partial charge is 0.388 e. The summed E-state index contributed by atoms with van der Waals surface area (Å²) in [5, 5.41) is 8.21. The Kier molecular flexibility index (Phi) is 3.47. The second-order valence-electron chi connectivity index (χ2n) is 4.50. The third-order valence-electron chi connectivity index (χ3n) is 3.11. The number of benzene rings is 2. The van der Waals surface area contributed by atoms with Gasteiger partial charge in [0.15, 0.2) is 0 Å². The van der Waals surface area contributed by atoms with E-state index in [1.807, 2.05) is 30.3 Å². The molecule has 0 radical (unpaired) electrons. The maximum Gasteiger partial charge on any atom is 0.314 e. The molecule has 0 aliphatic carbocycles. The van der Waals surface area contributed by atoms with Gasteiger partial charge in [-0.1, -0.05) is 49.1 Å². The number of aromatic nitrogens is 3. The summed E-state index contributed by atoms with van der Waals surface area (Å²) in [5.74, 6) is 0. The average molecular weight is 279 g/mol. The van der Waals surface area contributed by atoms with Gasteiger partial charge in [-0.05, 0) is 33.3 Å². The molecule has 0 fully saturated rings. The van der Waals surface area contributed by atoms with Crippen LogP contribution >= 0.6 is 0 Å². The number of hydrogen-bond acceptors (Lipinski definition) is 4. The molecular formula is C16H13N3O2. The van der Waals surface area contributed by atoms with Crippen LogP contribution in [-0.4, -0.2) is 15.2 Å². The molecule has 1 heterocycles. The zero-order valence-electron chi connectivity index (χ0n) is 11.3. The van der Waals surface area contributed by atoms with Crippen molar-refractivity contribution in [3.63, 3.8) is 0 Å². The first kappa shape index (κ1) is 13.1. The Morgan fingerprint density at radius 3 is 2.67 bits per heavy atom. The van der Waals surface area contributed by atoms with Gasteiger partial charge in [0.05, 0.1) is 5.39 Å². The molecule has 21 heavy (non-hydrogen) atoms. The molecule has 3 aromatic rings. The van der Waals surface area contributed by atoms with E-state index in [0.717, 1.165) is 16.0 Å². The van der Waals surface area contributed by atoms with Gasteiger partial charge in [-0.15, -0.1) is 5.10 Å². The minimum Gasteiger partial charge on any atom is -0.388 e. The molecule has 0 N–H and O–H groups in total. The lowest BCUT2D eigenvalue weighted by molar-refractivity contribution is 0.0550. The molecule has 0 unspecified atom stereocenters. The fourth-order valence-corrected chi connectivity index (χ4v) is 1.94. The van der Waals surface area contributed by atoms with Crippen LogP contribution in [0, 0.1) is 0 Å². The van der Waals surface area contributed by atoms with E-state index in [0.29, 0.717) is 10.9 Å². The zero-order valence-corrected chi connectivity index (χ0v) is 11.3. The molecule has 1 aromatic heterocycles. The number of hydrogen-bond donors (Lipinski definition) is 0. The second kappa shape index (κ2) is 5.58. The smallest absolute Gasteiger partial charge is 0.314 e. The Hall–Kier alpha value is -2.95. The molecular weight excluding hydrogens is 266 g/mol. The normalized spacial score (nSPS) is 10.5. The standard InChI is InChI=1S/C16H13N3O2/c1-2-12-7-9-13(10-8-12)11-21-19-16(20)14-5-3-4-6-15(14)17-18-19/h2-10H,1,11H2. The molecule has 0 amide bonds. The highest BCUT2D eigenvalue weighted by Crippen LogP contribution is 2.06. The first-order valence-corrected chi connectivity index (χ1v) is 6.47. The first-order valence-electron chi connectivity index (χ1n) is 6.47. The number of nitrogens with zero attached hydrogens (tertiary/aromatic N) is 3. The van der Waals surface area contributed by atoms with E-state index in [4.69, 9.17) is 4.84 Å². The van der Waals surface area contributed by atoms with Crippen molar-refractivity contribution in [2.75, 3.05) is 0 Å². The Balaban J connectivity index is 1.83. The summed E-state index contributed by atoms with van der Waals surface area (Å²) in [5.41, 5.74) is 2.20. The van der Waals surface area contributed by atoms with Crippen molar-refractivity contribution in [3.05, 3.63) is 76.6 Å². The minimum atomic E-state index is -0.316. The summed E-state index contributed by atoms with van der Waals surface area (Å²) >= 11 is 0. The fourth-order valence-electron chi connectivity index (χ4n) is 1.94. The Morgan fingerprint density at radius 2 is 1.90 bits per heavy atom. The lowest BCUT2D eigenvalue weighted by atomic mass is 10.1. The van der Waals surface area contributed by atoms with Crippen LogP contribution in [0.3, 0.4) is 0 Å². The topological polar surface area (TPSA) is 57.0 Å². The van der Waals surface area contributed by atoms with Crippen molar-refractivity contribution in [1.82, 2.24) is 15.2 Å². The summed E-state index contributed by atoms with van der Waals surface area (Å²) in [4.78, 5) is 18.5. The summed E-state index contributed by atoms with van der Waals surface area (Å²) in [7, 11) is 0. The van der Waals surface area contributed by atoms with Crippen LogP contribution in [0.2, 0.25) is 0 Å². The zero-order chi connectivity index (χ0) is 14.7. The van der Waals surface area contributed by atoms with Gasteiger partial charge in [-0.3, -0.25) is 4.79 Å². The van der Waals surface area contributed by atoms with Gasteiger partial charge in [0, 0.05) is 0 Å². The lowest BCUT2D eigenvalue weighted by Crippen LogP contribution is -2.30. The summed E-state index contributed by atoms with van der Waals surface area (Å²) < 4.78 is 0. The molecule has 0 atom stereocenters. The minimum absolute atomic E-state index is 0.240. The van der Waals surface area contributed by atoms with Crippen LogP contribution in [0.1, 0.15) is 11.1 Å². The highest BCUT2D eigenvalue weighted by Gasteiger charge is 2.05. The van der Waals surface area contributed by atoms with Gasteiger partial charge in [0.1, 0.15) is 12.1 Å². The van der Waals surface area contributed by atoms with Crippen LogP contribution in [0.5, 0.6) is 0 Å². The van der Waals surface area contributed by atoms with E-state index in [2.05, 4.69) is 16.9 Å². The SMILES string of the molecule is C=Cc1ccc(COn2nnc3ccccc3c2=O)cc1. The Morgan fingerprint density at radius 1 is 1.14 bits per heavy atom. The van der Waals surface area contributed by atoms with E-state index >= 15 is 0 Å². The van der Waals surface area contributed by atoms with E-state index in [1.165, 1.54) is 0 Å². The van der Waals surface area contributed by atoms with Crippen molar-refractivity contribution >= 4 is 17.0 Å². The van der Waals surface area contributed by atoms with Gasteiger partial charge in [0.2, 0.25) is 0 Å². The van der Waals surface area contributed by atoms with Crippen molar-refractivity contribution in [2.24, 2.45) is 0 Å². The fraction of sp³-hybridized carbons (Fsp3) is 0.0625. The third-order valence-corrected chi connectivity index (χ3v) is 3.11. The van der Waals surface area contributed by atoms with Gasteiger partial charge in [-0.2, -0.15) is 0 Å². The molecule has 0 spiro atoms. The van der Waals surface area contributed by atoms with Crippen molar-refractivity contribution in [3.8, 4) is 0 Å². The highest BCUT2D eigenvalue weighted by atomic mass is 16.7. The van der Waals surface area contributed by atoms with Crippen LogP contribution in [0.25, 0.3) is 17.0 Å². The first-order chi connectivity index (χ1) is 10.3. The van der Waals surface area contributed by atoms with Crippen molar-refractivity contribution < 1.29 is 4.84 Å². The third kappa shape index (κ3) is 2.67. The summed E-state index contributed by atoms with van der Waals surface area (Å²) in [6, 6.07) is 14.7. The molecule has 2 aromatic carbocycles. The monoisotopic (exact) mass is 279 g/mol. The molecule has 0 saturated carbocycles. The van der Waals surface area contributed by atoms with E-state index < -0.39 is 0 Å². The van der Waals surface area contributed by atoms with E-state index in [9.17, 15) is 4.79 Å². The predicted molar refractivity (Wildman–Crippen MR) is 80.6 cm³/mol. The predicted octanol–water partition coefficient (Wildman–Crippen LogP) is 2.06.